The van der Waals surface area contributed by atoms with E-state index in [2.05, 4.69) is 0 Å². The molecular formula is C25H28FN3O3S. The van der Waals surface area contributed by atoms with E-state index in [1.54, 1.807) is 30.0 Å². The van der Waals surface area contributed by atoms with Crippen molar-refractivity contribution < 1.29 is 18.7 Å². The van der Waals surface area contributed by atoms with Crippen molar-refractivity contribution in [2.24, 2.45) is 0 Å². The highest BCUT2D eigenvalue weighted by Crippen LogP contribution is 2.33. The summed E-state index contributed by atoms with van der Waals surface area (Å²) in [6, 6.07) is 13.7. The minimum atomic E-state index is -0.453. The third-order valence-electron chi connectivity index (χ3n) is 5.67. The van der Waals surface area contributed by atoms with Crippen molar-refractivity contribution in [2.45, 2.75) is 26.2 Å². The van der Waals surface area contributed by atoms with Gasteiger partial charge < -0.3 is 14.4 Å². The Balaban J connectivity index is 1.69. The summed E-state index contributed by atoms with van der Waals surface area (Å²) in [5, 5.41) is 4.77. The van der Waals surface area contributed by atoms with Gasteiger partial charge in [-0.2, -0.15) is 16.9 Å². The Morgan fingerprint density at radius 2 is 1.85 bits per heavy atom. The largest absolute Gasteiger partial charge is 0.497 e. The fourth-order valence-corrected chi connectivity index (χ4v) is 4.75. The summed E-state index contributed by atoms with van der Waals surface area (Å²) >= 11 is 1.87. The number of nitrogens with zero attached hydrogens (tertiary/aromatic N) is 3. The maximum Gasteiger partial charge on any atom is 0.226 e. The van der Waals surface area contributed by atoms with Crippen molar-refractivity contribution in [1.82, 2.24) is 14.7 Å². The van der Waals surface area contributed by atoms with Gasteiger partial charge in [0.1, 0.15) is 5.75 Å². The first-order valence-electron chi connectivity index (χ1n) is 11.1. The third-order valence-corrected chi connectivity index (χ3v) is 6.61. The van der Waals surface area contributed by atoms with Crippen LogP contribution in [0.4, 0.5) is 4.39 Å². The molecule has 1 amide bonds. The second kappa shape index (κ2) is 10.7. The fraction of sp³-hybridized carbons (Fsp3) is 0.360. The van der Waals surface area contributed by atoms with E-state index in [4.69, 9.17) is 14.6 Å². The number of hydrogen-bond acceptors (Lipinski definition) is 5. The van der Waals surface area contributed by atoms with Crippen LogP contribution in [0.3, 0.4) is 0 Å². The van der Waals surface area contributed by atoms with Crippen LogP contribution in [0.2, 0.25) is 0 Å². The second-order valence-electron chi connectivity index (χ2n) is 7.72. The summed E-state index contributed by atoms with van der Waals surface area (Å²) in [6.07, 6.45) is 1.51. The van der Waals surface area contributed by atoms with E-state index >= 15 is 0 Å². The number of ether oxygens (including phenoxy) is 2. The van der Waals surface area contributed by atoms with Gasteiger partial charge in [-0.05, 0) is 49.2 Å². The van der Waals surface area contributed by atoms with Crippen LogP contribution < -0.4 is 9.47 Å². The maximum absolute atomic E-state index is 14.5. The molecule has 174 valence electrons. The standard InChI is InChI=1S/C25H28FN3O3S/c1-3-22-20(12-13-24(30)28-14-16-33-17-15-28)25(32-23-7-5-4-6-21(23)26)29(27-22)18-8-10-19(31-2)11-9-18/h4-11H,3,12-17H2,1-2H3. The van der Waals surface area contributed by atoms with Crippen LogP contribution in [-0.2, 0) is 17.6 Å². The number of methoxy groups -OCH3 is 1. The Kier molecular flexibility index (Phi) is 7.54. The third kappa shape index (κ3) is 5.33. The lowest BCUT2D eigenvalue weighted by atomic mass is 10.1. The first-order valence-corrected chi connectivity index (χ1v) is 12.3. The van der Waals surface area contributed by atoms with Gasteiger partial charge >= 0.3 is 0 Å². The first kappa shape index (κ1) is 23.2. The molecule has 0 atom stereocenters. The highest BCUT2D eigenvalue weighted by Gasteiger charge is 2.24. The molecule has 0 radical (unpaired) electrons. The van der Waals surface area contributed by atoms with Crippen LogP contribution in [0.25, 0.3) is 5.69 Å². The number of hydrogen-bond donors (Lipinski definition) is 0. The predicted molar refractivity (Wildman–Crippen MR) is 128 cm³/mol. The van der Waals surface area contributed by atoms with Crippen molar-refractivity contribution in [3.8, 4) is 23.1 Å². The number of aryl methyl sites for hydroxylation is 1. The zero-order valence-electron chi connectivity index (χ0n) is 18.9. The molecule has 0 bridgehead atoms. The molecule has 6 nitrogen and oxygen atoms in total. The molecule has 1 aromatic heterocycles. The predicted octanol–water partition coefficient (Wildman–Crippen LogP) is 4.88. The Labute approximate surface area is 197 Å². The number of halogens is 1. The number of carbonyl (C=O) groups is 1. The van der Waals surface area contributed by atoms with Gasteiger partial charge in [-0.1, -0.05) is 19.1 Å². The number of rotatable bonds is 8. The summed E-state index contributed by atoms with van der Waals surface area (Å²) < 4.78 is 27.5. The van der Waals surface area contributed by atoms with Crippen molar-refractivity contribution in [1.29, 1.82) is 0 Å². The molecule has 0 N–H and O–H groups in total. The van der Waals surface area contributed by atoms with E-state index in [1.165, 1.54) is 6.07 Å². The zero-order chi connectivity index (χ0) is 23.2. The van der Waals surface area contributed by atoms with E-state index in [9.17, 15) is 9.18 Å². The number of carbonyl (C=O) groups excluding carboxylic acids is 1. The molecule has 0 unspecified atom stereocenters. The lowest BCUT2D eigenvalue weighted by Gasteiger charge is -2.26. The molecule has 8 heteroatoms. The second-order valence-corrected chi connectivity index (χ2v) is 8.94. The highest BCUT2D eigenvalue weighted by atomic mass is 32.2. The number of thioether (sulfide) groups is 1. The molecule has 0 saturated carbocycles. The Morgan fingerprint density at radius 1 is 1.12 bits per heavy atom. The fourth-order valence-electron chi connectivity index (χ4n) is 3.85. The maximum atomic E-state index is 14.5. The Hall–Kier alpha value is -3.00. The van der Waals surface area contributed by atoms with Crippen molar-refractivity contribution in [3.63, 3.8) is 0 Å². The molecule has 4 rings (SSSR count). The summed E-state index contributed by atoms with van der Waals surface area (Å²) in [6.45, 7) is 3.59. The topological polar surface area (TPSA) is 56.6 Å². The number of para-hydroxylation sites is 1. The molecule has 0 spiro atoms. The molecular weight excluding hydrogens is 441 g/mol. The molecule has 0 aliphatic carbocycles. The lowest BCUT2D eigenvalue weighted by molar-refractivity contribution is -0.130. The Morgan fingerprint density at radius 3 is 2.52 bits per heavy atom. The minimum absolute atomic E-state index is 0.121. The SMILES string of the molecule is CCc1nn(-c2ccc(OC)cc2)c(Oc2ccccc2F)c1CCC(=O)N1CCSCC1. The average Bonchev–Trinajstić information content (AvgIpc) is 3.21. The van der Waals surface area contributed by atoms with Crippen LogP contribution >= 0.6 is 11.8 Å². The van der Waals surface area contributed by atoms with Crippen LogP contribution in [0.15, 0.2) is 48.5 Å². The van der Waals surface area contributed by atoms with E-state index in [1.807, 2.05) is 47.9 Å². The molecule has 1 aliphatic heterocycles. The van der Waals surface area contributed by atoms with Crippen LogP contribution in [-0.4, -0.2) is 52.3 Å². The summed E-state index contributed by atoms with van der Waals surface area (Å²) in [5.41, 5.74) is 2.43. The van der Waals surface area contributed by atoms with Crippen molar-refractivity contribution in [3.05, 3.63) is 65.6 Å². The van der Waals surface area contributed by atoms with Gasteiger partial charge in [-0.15, -0.1) is 0 Å². The first-order chi connectivity index (χ1) is 16.1. The number of amides is 1. The van der Waals surface area contributed by atoms with Gasteiger partial charge in [0.25, 0.3) is 0 Å². The van der Waals surface area contributed by atoms with Crippen LogP contribution in [0.5, 0.6) is 17.4 Å². The average molecular weight is 470 g/mol. The molecule has 2 heterocycles. The molecule has 33 heavy (non-hydrogen) atoms. The van der Waals surface area contributed by atoms with E-state index in [0.29, 0.717) is 25.1 Å². The summed E-state index contributed by atoms with van der Waals surface area (Å²) in [4.78, 5) is 14.7. The minimum Gasteiger partial charge on any atom is -0.497 e. The van der Waals surface area contributed by atoms with Crippen LogP contribution in [0, 0.1) is 5.82 Å². The molecule has 2 aromatic carbocycles. The normalized spacial score (nSPS) is 13.7. The van der Waals surface area contributed by atoms with E-state index in [0.717, 1.165) is 47.3 Å². The number of benzene rings is 2. The molecule has 1 fully saturated rings. The smallest absolute Gasteiger partial charge is 0.226 e. The lowest BCUT2D eigenvalue weighted by Crippen LogP contribution is -2.38. The van der Waals surface area contributed by atoms with Crippen molar-refractivity contribution in [2.75, 3.05) is 31.7 Å². The van der Waals surface area contributed by atoms with Gasteiger partial charge in [0.15, 0.2) is 11.6 Å². The summed E-state index contributed by atoms with van der Waals surface area (Å²) in [7, 11) is 1.61. The molecule has 3 aromatic rings. The van der Waals surface area contributed by atoms with Crippen molar-refractivity contribution >= 4 is 17.7 Å². The zero-order valence-corrected chi connectivity index (χ0v) is 19.7. The van der Waals surface area contributed by atoms with Gasteiger partial charge in [0.2, 0.25) is 11.8 Å². The monoisotopic (exact) mass is 469 g/mol. The summed E-state index contributed by atoms with van der Waals surface area (Å²) in [5.74, 6) is 2.91. The van der Waals surface area contributed by atoms with E-state index in [-0.39, 0.29) is 11.7 Å². The number of aromatic nitrogens is 2. The highest BCUT2D eigenvalue weighted by molar-refractivity contribution is 7.99. The van der Waals surface area contributed by atoms with Gasteiger partial charge in [0.05, 0.1) is 18.5 Å². The van der Waals surface area contributed by atoms with Gasteiger partial charge in [-0.25, -0.2) is 9.07 Å². The molecule has 1 saturated heterocycles. The van der Waals surface area contributed by atoms with Gasteiger partial charge in [-0.3, -0.25) is 4.79 Å². The quantitative estimate of drug-likeness (QED) is 0.471. The molecule has 1 aliphatic rings. The van der Waals surface area contributed by atoms with Crippen LogP contribution in [0.1, 0.15) is 24.6 Å². The Bertz CT molecular complexity index is 1090. The van der Waals surface area contributed by atoms with E-state index < -0.39 is 5.82 Å². The van der Waals surface area contributed by atoms with Gasteiger partial charge in [0, 0.05) is 36.6 Å².